The van der Waals surface area contributed by atoms with Crippen LogP contribution >= 0.6 is 11.6 Å². The molecule has 2 rings (SSSR count). The number of benzene rings is 2. The Morgan fingerprint density at radius 3 is 2.46 bits per heavy atom. The number of amides is 1. The third-order valence-corrected chi connectivity index (χ3v) is 3.89. The van der Waals surface area contributed by atoms with Gasteiger partial charge in [-0.15, -0.1) is 0 Å². The highest BCUT2D eigenvalue weighted by atomic mass is 35.5. The lowest BCUT2D eigenvalue weighted by Crippen LogP contribution is -2.40. The van der Waals surface area contributed by atoms with Crippen LogP contribution in [0.25, 0.3) is 0 Å². The molecule has 0 aliphatic rings. The summed E-state index contributed by atoms with van der Waals surface area (Å²) in [5, 5.41) is 11.2. The van der Waals surface area contributed by atoms with E-state index in [9.17, 15) is 19.7 Å². The van der Waals surface area contributed by atoms with Crippen molar-refractivity contribution in [1.29, 1.82) is 0 Å². The first-order valence-electron chi connectivity index (χ1n) is 7.86. The fourth-order valence-corrected chi connectivity index (χ4v) is 2.57. The van der Waals surface area contributed by atoms with E-state index in [1.165, 1.54) is 17.9 Å². The molecule has 0 fully saturated rings. The number of ether oxygens (including phenoxy) is 1. The summed E-state index contributed by atoms with van der Waals surface area (Å²) in [7, 11) is 0. The number of anilines is 1. The Morgan fingerprint density at radius 1 is 1.23 bits per heavy atom. The summed E-state index contributed by atoms with van der Waals surface area (Å²) < 4.78 is 5.16. The van der Waals surface area contributed by atoms with Gasteiger partial charge in [0.1, 0.15) is 5.56 Å². The predicted octanol–water partition coefficient (Wildman–Crippen LogP) is 3.85. The molecule has 0 saturated carbocycles. The molecule has 0 aliphatic carbocycles. The van der Waals surface area contributed by atoms with Crippen LogP contribution in [0.2, 0.25) is 5.02 Å². The summed E-state index contributed by atoms with van der Waals surface area (Å²) in [5.74, 6) is -1.42. The van der Waals surface area contributed by atoms with E-state index in [1.54, 1.807) is 31.2 Å². The highest BCUT2D eigenvalue weighted by Crippen LogP contribution is 2.24. The van der Waals surface area contributed by atoms with Crippen molar-refractivity contribution in [3.63, 3.8) is 0 Å². The number of likely N-dealkylation sites (N-methyl/N-ethyl adjacent to an activating group) is 1. The van der Waals surface area contributed by atoms with Crippen LogP contribution in [-0.2, 0) is 9.53 Å². The Bertz CT molecular complexity index is 826. The van der Waals surface area contributed by atoms with Gasteiger partial charge in [-0.1, -0.05) is 29.8 Å². The van der Waals surface area contributed by atoms with Gasteiger partial charge in [0.15, 0.2) is 6.10 Å². The molecular formula is C18H17ClN2O5. The lowest BCUT2D eigenvalue weighted by Gasteiger charge is -2.24. The minimum Gasteiger partial charge on any atom is -0.449 e. The highest BCUT2D eigenvalue weighted by Gasteiger charge is 2.28. The topological polar surface area (TPSA) is 89.8 Å². The molecular weight excluding hydrogens is 360 g/mol. The number of hydrogen-bond acceptors (Lipinski definition) is 5. The fraction of sp³-hybridized carbons (Fsp3) is 0.222. The summed E-state index contributed by atoms with van der Waals surface area (Å²) in [6.07, 6.45) is -1.12. The number of nitrogens with zero attached hydrogens (tertiary/aromatic N) is 2. The van der Waals surface area contributed by atoms with Crippen molar-refractivity contribution in [3.05, 3.63) is 69.2 Å². The molecule has 0 heterocycles. The molecule has 1 amide bonds. The van der Waals surface area contributed by atoms with Gasteiger partial charge >= 0.3 is 5.97 Å². The summed E-state index contributed by atoms with van der Waals surface area (Å²) >= 11 is 5.81. The molecule has 1 unspecified atom stereocenters. The van der Waals surface area contributed by atoms with E-state index in [2.05, 4.69) is 0 Å². The maximum Gasteiger partial charge on any atom is 0.345 e. The third kappa shape index (κ3) is 4.37. The molecule has 1 atom stereocenters. The summed E-state index contributed by atoms with van der Waals surface area (Å²) in [6.45, 7) is 3.59. The Balaban J connectivity index is 2.20. The summed E-state index contributed by atoms with van der Waals surface area (Å²) in [6, 6.07) is 12.5. The van der Waals surface area contributed by atoms with Crippen molar-refractivity contribution in [1.82, 2.24) is 0 Å². The van der Waals surface area contributed by atoms with Gasteiger partial charge in [0.2, 0.25) is 0 Å². The zero-order valence-electron chi connectivity index (χ0n) is 14.2. The summed E-state index contributed by atoms with van der Waals surface area (Å²) in [5.41, 5.74) is -0.0731. The first-order chi connectivity index (χ1) is 12.3. The van der Waals surface area contributed by atoms with Crippen molar-refractivity contribution in [2.24, 2.45) is 0 Å². The number of carbonyl (C=O) groups is 2. The molecule has 26 heavy (non-hydrogen) atoms. The van der Waals surface area contributed by atoms with Gasteiger partial charge in [0.05, 0.1) is 4.92 Å². The fourth-order valence-electron chi connectivity index (χ4n) is 2.40. The van der Waals surface area contributed by atoms with Crippen LogP contribution in [0, 0.1) is 10.1 Å². The average Bonchev–Trinajstić information content (AvgIpc) is 2.62. The SMILES string of the molecule is CCN(C(=O)C(C)OC(=O)c1cc(Cl)ccc1[N+](=O)[O-])c1ccccc1. The zero-order valence-corrected chi connectivity index (χ0v) is 15.0. The third-order valence-electron chi connectivity index (χ3n) is 3.66. The molecule has 0 aromatic heterocycles. The van der Waals surface area contributed by atoms with Crippen LogP contribution in [0.3, 0.4) is 0 Å². The lowest BCUT2D eigenvalue weighted by atomic mass is 10.2. The molecule has 0 saturated heterocycles. The molecule has 0 radical (unpaired) electrons. The van der Waals surface area contributed by atoms with E-state index in [1.807, 2.05) is 6.07 Å². The quantitative estimate of drug-likeness (QED) is 0.434. The van der Waals surface area contributed by atoms with Crippen molar-refractivity contribution in [2.75, 3.05) is 11.4 Å². The van der Waals surface area contributed by atoms with Gasteiger partial charge in [0.25, 0.3) is 11.6 Å². The monoisotopic (exact) mass is 376 g/mol. The van der Waals surface area contributed by atoms with E-state index < -0.39 is 28.6 Å². The van der Waals surface area contributed by atoms with Crippen molar-refractivity contribution >= 4 is 34.9 Å². The van der Waals surface area contributed by atoms with Gasteiger partial charge in [-0.25, -0.2) is 4.79 Å². The molecule has 7 nitrogen and oxygen atoms in total. The number of nitro benzene ring substituents is 1. The number of para-hydroxylation sites is 1. The van der Waals surface area contributed by atoms with Crippen LogP contribution < -0.4 is 4.90 Å². The zero-order chi connectivity index (χ0) is 19.3. The van der Waals surface area contributed by atoms with Gasteiger partial charge in [-0.2, -0.15) is 0 Å². The number of nitro groups is 1. The van der Waals surface area contributed by atoms with E-state index in [0.29, 0.717) is 12.2 Å². The van der Waals surface area contributed by atoms with Crippen LogP contribution in [0.4, 0.5) is 11.4 Å². The van der Waals surface area contributed by atoms with Gasteiger partial charge in [0, 0.05) is 23.3 Å². The molecule has 0 aliphatic heterocycles. The molecule has 0 bridgehead atoms. The number of rotatable bonds is 6. The van der Waals surface area contributed by atoms with E-state index in [0.717, 1.165) is 12.1 Å². The molecule has 136 valence electrons. The summed E-state index contributed by atoms with van der Waals surface area (Å²) in [4.78, 5) is 36.8. The maximum atomic E-state index is 12.6. The van der Waals surface area contributed by atoms with Crippen molar-refractivity contribution < 1.29 is 19.2 Å². The Morgan fingerprint density at radius 2 is 1.88 bits per heavy atom. The van der Waals surface area contributed by atoms with Gasteiger partial charge in [-0.05, 0) is 38.1 Å². The van der Waals surface area contributed by atoms with Crippen LogP contribution in [-0.4, -0.2) is 29.4 Å². The van der Waals surface area contributed by atoms with E-state index in [4.69, 9.17) is 16.3 Å². The second-order valence-electron chi connectivity index (χ2n) is 5.38. The minimum atomic E-state index is -1.12. The molecule has 2 aromatic rings. The normalized spacial score (nSPS) is 11.5. The van der Waals surface area contributed by atoms with Crippen molar-refractivity contribution in [2.45, 2.75) is 20.0 Å². The standard InChI is InChI=1S/C18H17ClN2O5/c1-3-20(14-7-5-4-6-8-14)17(22)12(2)26-18(23)15-11-13(19)9-10-16(15)21(24)25/h4-12H,3H2,1-2H3. The Labute approximate surface area is 155 Å². The second kappa shape index (κ2) is 8.44. The largest absolute Gasteiger partial charge is 0.449 e. The Hall–Kier alpha value is -2.93. The molecule has 0 N–H and O–H groups in total. The van der Waals surface area contributed by atoms with Gasteiger partial charge < -0.3 is 9.64 Å². The van der Waals surface area contributed by atoms with Crippen LogP contribution in [0.5, 0.6) is 0 Å². The molecule has 2 aromatic carbocycles. The smallest absolute Gasteiger partial charge is 0.345 e. The second-order valence-corrected chi connectivity index (χ2v) is 5.82. The first kappa shape index (κ1) is 19.4. The van der Waals surface area contributed by atoms with E-state index >= 15 is 0 Å². The highest BCUT2D eigenvalue weighted by molar-refractivity contribution is 6.31. The predicted molar refractivity (Wildman–Crippen MR) is 97.5 cm³/mol. The van der Waals surface area contributed by atoms with Crippen LogP contribution in [0.1, 0.15) is 24.2 Å². The molecule has 0 spiro atoms. The number of hydrogen-bond donors (Lipinski definition) is 0. The van der Waals surface area contributed by atoms with Crippen molar-refractivity contribution in [3.8, 4) is 0 Å². The average molecular weight is 377 g/mol. The number of esters is 1. The number of halogens is 1. The Kier molecular flexibility index (Phi) is 6.30. The first-order valence-corrected chi connectivity index (χ1v) is 8.24. The molecule has 8 heteroatoms. The lowest BCUT2D eigenvalue weighted by molar-refractivity contribution is -0.385. The van der Waals surface area contributed by atoms with Crippen LogP contribution in [0.15, 0.2) is 48.5 Å². The van der Waals surface area contributed by atoms with E-state index in [-0.39, 0.29) is 10.6 Å². The minimum absolute atomic E-state index is 0.154. The number of carbonyl (C=O) groups excluding carboxylic acids is 2. The maximum absolute atomic E-state index is 12.6. The van der Waals surface area contributed by atoms with Gasteiger partial charge in [-0.3, -0.25) is 14.9 Å².